The molecule has 0 aromatic rings. The monoisotopic (exact) mass is 353 g/mol. The molecule has 0 spiro atoms. The normalized spacial score (nSPS) is 1.75. The van der Waals surface area contributed by atoms with Crippen molar-refractivity contribution >= 4 is 25.3 Å². The van der Waals surface area contributed by atoms with Crippen LogP contribution in [0.1, 0.15) is 1.43 Å². The second kappa shape index (κ2) is 37.1. The fraction of sp³-hybridized carbons (Fsp3) is 0. The van der Waals surface area contributed by atoms with Crippen molar-refractivity contribution in [2.24, 2.45) is 0 Å². The second-order valence-corrected chi connectivity index (χ2v) is 0.548. The Labute approximate surface area is 119 Å². The van der Waals surface area contributed by atoms with Crippen LogP contribution in [0.5, 0.6) is 0 Å². The number of thiocyanates is 2. The summed E-state index contributed by atoms with van der Waals surface area (Å²) >= 11 is 7.40. The molecule has 0 aromatic heterocycles. The number of nitriles is 2. The molecular weight excluding hydrogens is 352 g/mol. The van der Waals surface area contributed by atoms with Gasteiger partial charge in [-0.05, 0) is 0 Å². The van der Waals surface area contributed by atoms with E-state index in [1.54, 1.807) is 0 Å². The Bertz CT molecular complexity index is 77.5. The summed E-state index contributed by atoms with van der Waals surface area (Å²) in [5.74, 6) is 0. The van der Waals surface area contributed by atoms with Gasteiger partial charge in [-0.3, -0.25) is 0 Å². The number of hydrogen-bond acceptors (Lipinski definition) is 4. The van der Waals surface area contributed by atoms with E-state index in [0.717, 1.165) is 0 Å². The van der Waals surface area contributed by atoms with Crippen LogP contribution in [0, 0.1) is 21.3 Å². The molecule has 0 bridgehead atoms. The molecule has 2 nitrogen and oxygen atoms in total. The third kappa shape index (κ3) is 112. The second-order valence-electron chi connectivity index (χ2n) is 0.183. The van der Waals surface area contributed by atoms with Gasteiger partial charge in [-0.15, -0.1) is 0 Å². The number of hydrogen-bond donors (Lipinski definition) is 0. The van der Waals surface area contributed by atoms with Crippen LogP contribution < -0.4 is 51.4 Å². The van der Waals surface area contributed by atoms with Crippen LogP contribution in [0.2, 0.25) is 0 Å². The molecule has 8 heavy (non-hydrogen) atoms. The predicted molar refractivity (Wildman–Crippen MR) is 27.1 cm³/mol. The van der Waals surface area contributed by atoms with Crippen molar-refractivity contribution < 1.29 is 75.2 Å². The van der Waals surface area contributed by atoms with Crippen molar-refractivity contribution in [1.29, 1.82) is 10.5 Å². The van der Waals surface area contributed by atoms with Gasteiger partial charge in [-0.2, -0.15) is 0 Å². The zero-order valence-corrected chi connectivity index (χ0v) is 10.9. The van der Waals surface area contributed by atoms with E-state index in [-0.39, 0.29) is 75.2 Å². The van der Waals surface area contributed by atoms with Crippen LogP contribution in [-0.2, 0) is 47.6 Å². The summed E-state index contributed by atoms with van der Waals surface area (Å²) in [5, 5.41) is 16.9. The van der Waals surface area contributed by atoms with Gasteiger partial charge in [0.25, 0.3) is 0 Å². The summed E-state index contributed by atoms with van der Waals surface area (Å²) < 4.78 is 0. The van der Waals surface area contributed by atoms with Crippen molar-refractivity contribution in [2.75, 3.05) is 0 Å². The molecule has 0 saturated heterocycles. The van der Waals surface area contributed by atoms with Gasteiger partial charge >= 0.3 is 51.4 Å². The van der Waals surface area contributed by atoms with Crippen LogP contribution in [0.15, 0.2) is 0 Å². The minimum Gasteiger partial charge on any atom is -1.00 e. The summed E-state index contributed by atoms with van der Waals surface area (Å²) in [4.78, 5) is 0. The molecule has 0 fully saturated rings. The maximum atomic E-state index is 7.13. The Morgan fingerprint density at radius 3 is 1.12 bits per heavy atom. The van der Waals surface area contributed by atoms with Crippen molar-refractivity contribution in [2.45, 2.75) is 0 Å². The van der Waals surface area contributed by atoms with Crippen molar-refractivity contribution in [3.8, 4) is 10.8 Å². The van der Waals surface area contributed by atoms with Gasteiger partial charge in [-0.1, -0.05) is 10.8 Å². The Kier molecular flexibility index (Phi) is 105. The maximum absolute atomic E-state index is 7.13. The first-order valence-electron chi connectivity index (χ1n) is 0.855. The minimum atomic E-state index is 0. The standard InChI is InChI=1S/2CHNS.Au.K.H/c2*2-1-3;;;/h2*3H;;;/q;;;+1;-1/p-2. The fourth-order valence-corrected chi connectivity index (χ4v) is 0. The molecule has 45 valence electrons. The molecule has 0 aromatic carbocycles. The van der Waals surface area contributed by atoms with Crippen LogP contribution in [0.25, 0.3) is 0 Å². The molecule has 0 aliphatic rings. The van der Waals surface area contributed by atoms with Crippen molar-refractivity contribution in [1.82, 2.24) is 0 Å². The molecule has 0 aliphatic carbocycles. The number of nitrogens with zero attached hydrogens (tertiary/aromatic N) is 2. The average Bonchev–Trinajstić information content (AvgIpc) is 1.39. The molecule has 0 aliphatic heterocycles. The van der Waals surface area contributed by atoms with Gasteiger partial charge in [-0.25, -0.2) is 10.5 Å². The molecule has 0 unspecified atom stereocenters. The Morgan fingerprint density at radius 1 is 1.12 bits per heavy atom. The van der Waals surface area contributed by atoms with Gasteiger partial charge in [0.2, 0.25) is 0 Å². The molecule has 0 heterocycles. The summed E-state index contributed by atoms with van der Waals surface area (Å²) in [6.07, 6.45) is 0. The fourth-order valence-electron chi connectivity index (χ4n) is 0. The molecule has 0 atom stereocenters. The molecule has 1 radical (unpaired) electrons. The van der Waals surface area contributed by atoms with E-state index >= 15 is 0 Å². The average molecular weight is 353 g/mol. The maximum Gasteiger partial charge on any atom is 1.00 e. The molecule has 0 saturated carbocycles. The first-order chi connectivity index (χ1) is 2.83. The van der Waals surface area contributed by atoms with Crippen LogP contribution in [0.3, 0.4) is 0 Å². The van der Waals surface area contributed by atoms with Gasteiger partial charge < -0.3 is 26.7 Å². The summed E-state index contributed by atoms with van der Waals surface area (Å²) in [6.45, 7) is 0. The smallest absolute Gasteiger partial charge is 1.00 e. The van der Waals surface area contributed by atoms with Gasteiger partial charge in [0.05, 0.1) is 0 Å². The summed E-state index contributed by atoms with van der Waals surface area (Å²) in [5.41, 5.74) is 0. The third-order valence-electron chi connectivity index (χ3n) is 0. The molecule has 0 amide bonds. The predicted octanol–water partition coefficient (Wildman–Crippen LogP) is -2.86. The van der Waals surface area contributed by atoms with Crippen LogP contribution >= 0.6 is 0 Å². The topological polar surface area (TPSA) is 47.6 Å². The van der Waals surface area contributed by atoms with Crippen molar-refractivity contribution in [3.63, 3.8) is 0 Å². The van der Waals surface area contributed by atoms with Crippen LogP contribution in [-0.4, -0.2) is 0 Å². The van der Waals surface area contributed by atoms with Gasteiger partial charge in [0.1, 0.15) is 0 Å². The third-order valence-corrected chi connectivity index (χ3v) is 0. The number of rotatable bonds is 0. The van der Waals surface area contributed by atoms with E-state index in [9.17, 15) is 0 Å². The Balaban J connectivity index is -0.00000000889. The van der Waals surface area contributed by atoms with E-state index < -0.39 is 0 Å². The van der Waals surface area contributed by atoms with E-state index in [0.29, 0.717) is 0 Å². The SMILES string of the molecule is N#C[S-].N#C[S-].[Au].[H-].[K+]. The minimum absolute atomic E-state index is 0. The van der Waals surface area contributed by atoms with E-state index in [4.69, 9.17) is 10.5 Å². The van der Waals surface area contributed by atoms with Gasteiger partial charge in [0.15, 0.2) is 0 Å². The Hall–Kier alpha value is 1.80. The largest absolute Gasteiger partial charge is 1.00 e. The zero-order valence-electron chi connectivity index (χ0n) is 5.01. The van der Waals surface area contributed by atoms with E-state index in [2.05, 4.69) is 25.3 Å². The van der Waals surface area contributed by atoms with Gasteiger partial charge in [0, 0.05) is 22.4 Å². The van der Waals surface area contributed by atoms with Crippen molar-refractivity contribution in [3.05, 3.63) is 0 Å². The van der Waals surface area contributed by atoms with E-state index in [1.165, 1.54) is 10.8 Å². The molecular formula is C2HAuKN2S2-2. The summed E-state index contributed by atoms with van der Waals surface area (Å²) in [6, 6.07) is 0. The first kappa shape index (κ1) is 22.6. The zero-order chi connectivity index (χ0) is 5.41. The summed E-state index contributed by atoms with van der Waals surface area (Å²) in [7, 11) is 0. The first-order valence-corrected chi connectivity index (χ1v) is 1.67. The quantitative estimate of drug-likeness (QED) is 0.267. The van der Waals surface area contributed by atoms with E-state index in [1.807, 2.05) is 0 Å². The van der Waals surface area contributed by atoms with Crippen LogP contribution in [0.4, 0.5) is 0 Å². The molecule has 0 rings (SSSR count). The molecule has 0 N–H and O–H groups in total. The Morgan fingerprint density at radius 2 is 1.12 bits per heavy atom. The molecule has 6 heteroatoms.